The number of nitrogens with two attached hydrogens (primary N) is 1. The highest BCUT2D eigenvalue weighted by Crippen LogP contribution is 2.56. The Morgan fingerprint density at radius 3 is 2.35 bits per heavy atom. The van der Waals surface area contributed by atoms with Gasteiger partial charge in [0.05, 0.1) is 5.56 Å². The topological polar surface area (TPSA) is 89.6 Å². The maximum atomic E-state index is 13.3. The Hall–Kier alpha value is -3.70. The average Bonchev–Trinajstić information content (AvgIpc) is 3.44. The van der Waals surface area contributed by atoms with E-state index in [-0.39, 0.29) is 17.5 Å². The highest BCUT2D eigenvalue weighted by Gasteiger charge is 2.51. The number of rotatable bonds is 8. The Labute approximate surface area is 218 Å². The molecule has 5 rings (SSSR count). The minimum atomic E-state index is -0.950. The van der Waals surface area contributed by atoms with Crippen molar-refractivity contribution in [2.24, 2.45) is 17.1 Å². The number of hydrogen-bond donors (Lipinski definition) is 2. The maximum absolute atomic E-state index is 13.3. The first-order valence-corrected chi connectivity index (χ1v) is 12.9. The maximum Gasteiger partial charge on any atom is 0.335 e. The summed E-state index contributed by atoms with van der Waals surface area (Å²) in [6.07, 6.45) is 4.44. The van der Waals surface area contributed by atoms with E-state index in [1.54, 1.807) is 12.1 Å². The van der Waals surface area contributed by atoms with E-state index in [4.69, 9.17) is 10.5 Å². The average molecular weight is 496 g/mol. The highest BCUT2D eigenvalue weighted by atomic mass is 16.5. The van der Waals surface area contributed by atoms with Crippen LogP contribution in [0.2, 0.25) is 0 Å². The van der Waals surface area contributed by atoms with E-state index in [9.17, 15) is 14.7 Å². The number of carbonyl (C=O) groups excluding carboxylic acids is 1. The Bertz CT molecular complexity index is 1360. The van der Waals surface area contributed by atoms with Crippen LogP contribution in [0, 0.1) is 11.3 Å². The molecule has 37 heavy (non-hydrogen) atoms. The van der Waals surface area contributed by atoms with Crippen molar-refractivity contribution in [3.05, 3.63) is 112 Å². The van der Waals surface area contributed by atoms with Gasteiger partial charge in [-0.15, -0.1) is 0 Å². The molecule has 0 radical (unpaired) electrons. The summed E-state index contributed by atoms with van der Waals surface area (Å²) in [5, 5.41) is 9.38. The number of carboxylic acids is 1. The predicted molar refractivity (Wildman–Crippen MR) is 144 cm³/mol. The highest BCUT2D eigenvalue weighted by molar-refractivity contribution is 5.87. The van der Waals surface area contributed by atoms with Gasteiger partial charge in [-0.1, -0.05) is 86.2 Å². The Balaban J connectivity index is 1.59. The molecule has 0 saturated heterocycles. The van der Waals surface area contributed by atoms with E-state index >= 15 is 0 Å². The normalized spacial score (nSPS) is 20.8. The standard InChI is InChI=1S/C32H33NO4/c1-20(2)15-28(33)31(36)37-29-27-10-6-5-9-25(27)19-32(29,18-21-11-13-22(14-12-21)30(34)35)26-16-23-7-3-4-8-24(23)17-26/h3-14,16,20,28-29H,15,17-19,33H2,1-2H3,(H,34,35)/t28-,29+,32-/m0/s1. The van der Waals surface area contributed by atoms with Crippen LogP contribution in [0.4, 0.5) is 0 Å². The molecule has 2 aliphatic carbocycles. The SMILES string of the molecule is CC(C)C[C@H](N)C(=O)O[C@@H]1c2ccccc2C[C@@]1(Cc1ccc(C(=O)O)cc1)C1=Cc2ccccc2C1. The molecule has 190 valence electrons. The lowest BCUT2D eigenvalue weighted by Gasteiger charge is -2.38. The zero-order valence-corrected chi connectivity index (χ0v) is 21.3. The molecule has 0 saturated carbocycles. The van der Waals surface area contributed by atoms with Gasteiger partial charge < -0.3 is 15.6 Å². The number of carboxylic acid groups (broad SMARTS) is 1. The summed E-state index contributed by atoms with van der Waals surface area (Å²) >= 11 is 0. The lowest BCUT2D eigenvalue weighted by atomic mass is 9.70. The van der Waals surface area contributed by atoms with Crippen molar-refractivity contribution in [2.75, 3.05) is 0 Å². The number of benzene rings is 3. The third-order valence-electron chi connectivity index (χ3n) is 7.73. The van der Waals surface area contributed by atoms with Gasteiger partial charge in [0, 0.05) is 5.41 Å². The minimum absolute atomic E-state index is 0.252. The van der Waals surface area contributed by atoms with Crippen LogP contribution in [-0.4, -0.2) is 23.1 Å². The fraction of sp³-hybridized carbons (Fsp3) is 0.312. The predicted octanol–water partition coefficient (Wildman–Crippen LogP) is 5.77. The van der Waals surface area contributed by atoms with Gasteiger partial charge in [-0.25, -0.2) is 4.79 Å². The Morgan fingerprint density at radius 1 is 1.00 bits per heavy atom. The van der Waals surface area contributed by atoms with Gasteiger partial charge in [-0.3, -0.25) is 4.79 Å². The molecule has 0 aliphatic heterocycles. The molecule has 5 heteroatoms. The van der Waals surface area contributed by atoms with Crippen LogP contribution in [-0.2, 0) is 28.8 Å². The molecule has 3 N–H and O–H groups in total. The Kier molecular flexibility index (Phi) is 6.74. The molecule has 2 aliphatic rings. The lowest BCUT2D eigenvalue weighted by Crippen LogP contribution is -2.39. The summed E-state index contributed by atoms with van der Waals surface area (Å²) in [6, 6.07) is 22.9. The Morgan fingerprint density at radius 2 is 1.68 bits per heavy atom. The van der Waals surface area contributed by atoms with E-state index in [0.717, 1.165) is 29.5 Å². The van der Waals surface area contributed by atoms with Crippen molar-refractivity contribution in [1.82, 2.24) is 0 Å². The van der Waals surface area contributed by atoms with Gasteiger partial charge in [0.15, 0.2) is 0 Å². The first kappa shape index (κ1) is 25.0. The van der Waals surface area contributed by atoms with Gasteiger partial charge in [0.25, 0.3) is 0 Å². The third kappa shape index (κ3) is 4.84. The number of esters is 1. The summed E-state index contributed by atoms with van der Waals surface area (Å²) in [6.45, 7) is 4.09. The van der Waals surface area contributed by atoms with E-state index < -0.39 is 23.5 Å². The molecule has 0 spiro atoms. The molecule has 0 amide bonds. The third-order valence-corrected chi connectivity index (χ3v) is 7.73. The van der Waals surface area contributed by atoms with Gasteiger partial charge in [0.2, 0.25) is 0 Å². The largest absolute Gasteiger partial charge is 0.478 e. The molecule has 3 aromatic rings. The van der Waals surface area contributed by atoms with Crippen LogP contribution in [0.3, 0.4) is 0 Å². The molecule has 0 aromatic heterocycles. The first-order chi connectivity index (χ1) is 17.8. The molecule has 0 unspecified atom stereocenters. The second-order valence-electron chi connectivity index (χ2n) is 10.8. The number of aromatic carboxylic acids is 1. The van der Waals surface area contributed by atoms with Crippen LogP contribution in [0.5, 0.6) is 0 Å². The zero-order valence-electron chi connectivity index (χ0n) is 21.3. The summed E-state index contributed by atoms with van der Waals surface area (Å²) in [5.41, 5.74) is 12.9. The van der Waals surface area contributed by atoms with E-state index in [1.807, 2.05) is 44.2 Å². The number of hydrogen-bond acceptors (Lipinski definition) is 4. The van der Waals surface area contributed by atoms with Crippen LogP contribution in [0.15, 0.2) is 78.4 Å². The lowest BCUT2D eigenvalue weighted by molar-refractivity contribution is -0.156. The summed E-state index contributed by atoms with van der Waals surface area (Å²) in [7, 11) is 0. The molecule has 3 atom stereocenters. The minimum Gasteiger partial charge on any atom is -0.478 e. The fourth-order valence-electron chi connectivity index (χ4n) is 5.94. The molecule has 5 nitrogen and oxygen atoms in total. The van der Waals surface area contributed by atoms with Crippen molar-refractivity contribution in [3.8, 4) is 0 Å². The van der Waals surface area contributed by atoms with Crippen LogP contribution in [0.1, 0.15) is 64.5 Å². The van der Waals surface area contributed by atoms with Crippen LogP contribution < -0.4 is 5.73 Å². The summed E-state index contributed by atoms with van der Waals surface area (Å²) in [4.78, 5) is 24.7. The van der Waals surface area contributed by atoms with Crippen LogP contribution in [0.25, 0.3) is 6.08 Å². The fourth-order valence-corrected chi connectivity index (χ4v) is 5.94. The smallest absolute Gasteiger partial charge is 0.335 e. The molecular weight excluding hydrogens is 462 g/mol. The molecule has 0 heterocycles. The summed E-state index contributed by atoms with van der Waals surface area (Å²) < 4.78 is 6.36. The summed E-state index contributed by atoms with van der Waals surface area (Å²) in [5.74, 6) is -1.05. The van der Waals surface area contributed by atoms with E-state index in [2.05, 4.69) is 36.4 Å². The number of carbonyl (C=O) groups is 2. The van der Waals surface area contributed by atoms with Crippen LogP contribution >= 0.6 is 0 Å². The number of ether oxygens (including phenoxy) is 1. The van der Waals surface area contributed by atoms with Crippen molar-refractivity contribution in [1.29, 1.82) is 0 Å². The number of fused-ring (bicyclic) bond motifs is 2. The van der Waals surface area contributed by atoms with Crippen molar-refractivity contribution in [2.45, 2.75) is 51.7 Å². The van der Waals surface area contributed by atoms with Crippen molar-refractivity contribution >= 4 is 18.0 Å². The van der Waals surface area contributed by atoms with Gasteiger partial charge in [0.1, 0.15) is 12.1 Å². The van der Waals surface area contributed by atoms with Gasteiger partial charge >= 0.3 is 11.9 Å². The van der Waals surface area contributed by atoms with Crippen molar-refractivity contribution < 1.29 is 19.4 Å². The zero-order chi connectivity index (χ0) is 26.2. The first-order valence-electron chi connectivity index (χ1n) is 12.9. The molecule has 3 aromatic carbocycles. The molecular formula is C32H33NO4. The van der Waals surface area contributed by atoms with E-state index in [1.165, 1.54) is 16.7 Å². The van der Waals surface area contributed by atoms with Gasteiger partial charge in [-0.2, -0.15) is 0 Å². The second kappa shape index (κ2) is 9.98. The molecule has 0 bridgehead atoms. The van der Waals surface area contributed by atoms with Crippen molar-refractivity contribution in [3.63, 3.8) is 0 Å². The monoisotopic (exact) mass is 495 g/mol. The second-order valence-corrected chi connectivity index (χ2v) is 10.8. The van der Waals surface area contributed by atoms with E-state index in [0.29, 0.717) is 12.8 Å². The quantitative estimate of drug-likeness (QED) is 0.388. The molecule has 0 fully saturated rings. The van der Waals surface area contributed by atoms with Gasteiger partial charge in [-0.05, 0) is 71.6 Å².